The minimum atomic E-state index is -0.651. The zero-order chi connectivity index (χ0) is 12.1. The molecule has 1 saturated heterocycles. The number of hydrogen-bond acceptors (Lipinski definition) is 3. The number of hydrogen-bond donors (Lipinski definition) is 3. The van der Waals surface area contributed by atoms with E-state index in [9.17, 15) is 9.59 Å². The maximum Gasteiger partial charge on any atom is 0.312 e. The first-order chi connectivity index (χ1) is 7.52. The zero-order valence-corrected chi connectivity index (χ0v) is 9.82. The van der Waals surface area contributed by atoms with Crippen LogP contribution in [0.4, 0.5) is 4.79 Å². The summed E-state index contributed by atoms with van der Waals surface area (Å²) in [5.41, 5.74) is 5.07. The lowest BCUT2D eigenvalue weighted by atomic mass is 10.0. The van der Waals surface area contributed by atoms with Gasteiger partial charge in [0.1, 0.15) is 6.04 Å². The molecule has 1 rings (SSSR count). The van der Waals surface area contributed by atoms with Crippen molar-refractivity contribution in [1.29, 1.82) is 0 Å². The van der Waals surface area contributed by atoms with E-state index in [1.807, 2.05) is 13.8 Å². The summed E-state index contributed by atoms with van der Waals surface area (Å²) < 4.78 is 0. The van der Waals surface area contributed by atoms with Crippen molar-refractivity contribution in [2.24, 2.45) is 11.7 Å². The van der Waals surface area contributed by atoms with Gasteiger partial charge in [0.05, 0.1) is 0 Å². The SMILES string of the molecule is CC(C)C(NC(N)=O)C(=O)N1CCNCC1. The summed E-state index contributed by atoms with van der Waals surface area (Å²) in [5.74, 6) is -0.00909. The molecule has 0 radical (unpaired) electrons. The monoisotopic (exact) mass is 228 g/mol. The third kappa shape index (κ3) is 3.37. The average Bonchev–Trinajstić information content (AvgIpc) is 2.25. The van der Waals surface area contributed by atoms with Gasteiger partial charge in [-0.2, -0.15) is 0 Å². The highest BCUT2D eigenvalue weighted by molar-refractivity contribution is 5.86. The van der Waals surface area contributed by atoms with Crippen molar-refractivity contribution in [3.8, 4) is 0 Å². The third-order valence-corrected chi connectivity index (χ3v) is 2.66. The molecule has 0 bridgehead atoms. The molecule has 0 aromatic heterocycles. The molecule has 1 heterocycles. The van der Waals surface area contributed by atoms with E-state index >= 15 is 0 Å². The quantitative estimate of drug-likeness (QED) is 0.585. The van der Waals surface area contributed by atoms with Crippen LogP contribution in [0.15, 0.2) is 0 Å². The molecule has 0 aliphatic carbocycles. The molecular weight excluding hydrogens is 208 g/mol. The second kappa shape index (κ2) is 5.69. The van der Waals surface area contributed by atoms with E-state index in [0.717, 1.165) is 13.1 Å². The van der Waals surface area contributed by atoms with Gasteiger partial charge in [0.25, 0.3) is 0 Å². The number of nitrogens with zero attached hydrogens (tertiary/aromatic N) is 1. The van der Waals surface area contributed by atoms with E-state index in [1.165, 1.54) is 0 Å². The molecule has 0 aromatic rings. The fraction of sp³-hybridized carbons (Fsp3) is 0.800. The number of urea groups is 1. The topological polar surface area (TPSA) is 87.5 Å². The van der Waals surface area contributed by atoms with Crippen molar-refractivity contribution in [2.75, 3.05) is 26.2 Å². The van der Waals surface area contributed by atoms with Crippen LogP contribution < -0.4 is 16.4 Å². The van der Waals surface area contributed by atoms with E-state index in [4.69, 9.17) is 5.73 Å². The van der Waals surface area contributed by atoms with Crippen LogP contribution in [-0.4, -0.2) is 49.1 Å². The minimum absolute atomic E-state index is 0.0369. The van der Waals surface area contributed by atoms with Crippen molar-refractivity contribution in [1.82, 2.24) is 15.5 Å². The number of amides is 3. The van der Waals surface area contributed by atoms with E-state index in [2.05, 4.69) is 10.6 Å². The van der Waals surface area contributed by atoms with E-state index in [-0.39, 0.29) is 11.8 Å². The van der Waals surface area contributed by atoms with Gasteiger partial charge in [0.2, 0.25) is 5.91 Å². The summed E-state index contributed by atoms with van der Waals surface area (Å²) in [6.07, 6.45) is 0. The molecule has 92 valence electrons. The highest BCUT2D eigenvalue weighted by atomic mass is 16.2. The van der Waals surface area contributed by atoms with Gasteiger partial charge in [-0.3, -0.25) is 4.79 Å². The molecule has 0 saturated carbocycles. The van der Waals surface area contributed by atoms with Crippen molar-refractivity contribution in [3.05, 3.63) is 0 Å². The first-order valence-electron chi connectivity index (χ1n) is 5.58. The van der Waals surface area contributed by atoms with Crippen molar-refractivity contribution in [2.45, 2.75) is 19.9 Å². The molecule has 1 aliphatic rings. The highest BCUT2D eigenvalue weighted by Crippen LogP contribution is 2.07. The molecule has 1 atom stereocenters. The second-order valence-corrected chi connectivity index (χ2v) is 4.31. The van der Waals surface area contributed by atoms with Crippen LogP contribution in [0.2, 0.25) is 0 Å². The molecule has 3 amide bonds. The van der Waals surface area contributed by atoms with Crippen LogP contribution in [-0.2, 0) is 4.79 Å². The summed E-state index contributed by atoms with van der Waals surface area (Å²) in [7, 11) is 0. The standard InChI is InChI=1S/C10H20N4O2/c1-7(2)8(13-10(11)16)9(15)14-5-3-12-4-6-14/h7-8,12H,3-6H2,1-2H3,(H3,11,13,16). The van der Waals surface area contributed by atoms with Crippen LogP contribution in [0, 0.1) is 5.92 Å². The lowest BCUT2D eigenvalue weighted by Gasteiger charge is -2.32. The Morgan fingerprint density at radius 2 is 1.88 bits per heavy atom. The van der Waals surface area contributed by atoms with Gasteiger partial charge in [0.15, 0.2) is 0 Å². The number of carbonyl (C=O) groups excluding carboxylic acids is 2. The number of rotatable bonds is 3. The van der Waals surface area contributed by atoms with E-state index in [1.54, 1.807) is 4.90 Å². The maximum atomic E-state index is 12.1. The molecule has 6 nitrogen and oxygen atoms in total. The lowest BCUT2D eigenvalue weighted by molar-refractivity contribution is -0.134. The summed E-state index contributed by atoms with van der Waals surface area (Å²) in [5, 5.41) is 5.68. The molecule has 16 heavy (non-hydrogen) atoms. The molecular formula is C10H20N4O2. The number of primary amides is 1. The first kappa shape index (κ1) is 12.8. The summed E-state index contributed by atoms with van der Waals surface area (Å²) >= 11 is 0. The Morgan fingerprint density at radius 3 is 2.31 bits per heavy atom. The Bertz CT molecular complexity index is 262. The zero-order valence-electron chi connectivity index (χ0n) is 9.82. The van der Waals surface area contributed by atoms with Gasteiger partial charge in [0, 0.05) is 26.2 Å². The molecule has 6 heteroatoms. The molecule has 1 unspecified atom stereocenters. The van der Waals surface area contributed by atoms with Crippen LogP contribution in [0.1, 0.15) is 13.8 Å². The third-order valence-electron chi connectivity index (χ3n) is 2.66. The Hall–Kier alpha value is -1.30. The van der Waals surface area contributed by atoms with Crippen LogP contribution in [0.25, 0.3) is 0 Å². The van der Waals surface area contributed by atoms with Crippen molar-refractivity contribution < 1.29 is 9.59 Å². The Morgan fingerprint density at radius 1 is 1.31 bits per heavy atom. The van der Waals surface area contributed by atoms with Gasteiger partial charge in [-0.25, -0.2) is 4.79 Å². The fourth-order valence-electron chi connectivity index (χ4n) is 1.75. The number of nitrogens with one attached hydrogen (secondary N) is 2. The number of piperazine rings is 1. The summed E-state index contributed by atoms with van der Waals surface area (Å²) in [6.45, 7) is 6.74. The fourth-order valence-corrected chi connectivity index (χ4v) is 1.75. The van der Waals surface area contributed by atoms with Crippen LogP contribution in [0.5, 0.6) is 0 Å². The predicted molar refractivity (Wildman–Crippen MR) is 60.8 cm³/mol. The Kier molecular flexibility index (Phi) is 4.54. The summed E-state index contributed by atoms with van der Waals surface area (Å²) in [6, 6.07) is -1.17. The Balaban J connectivity index is 2.61. The van der Waals surface area contributed by atoms with E-state index < -0.39 is 12.1 Å². The average molecular weight is 228 g/mol. The van der Waals surface area contributed by atoms with Crippen LogP contribution in [0.3, 0.4) is 0 Å². The lowest BCUT2D eigenvalue weighted by Crippen LogP contribution is -2.56. The van der Waals surface area contributed by atoms with Crippen LogP contribution >= 0.6 is 0 Å². The molecule has 0 spiro atoms. The molecule has 1 fully saturated rings. The number of carbonyl (C=O) groups is 2. The Labute approximate surface area is 95.5 Å². The number of nitrogens with two attached hydrogens (primary N) is 1. The summed E-state index contributed by atoms with van der Waals surface area (Å²) in [4.78, 5) is 24.7. The maximum absolute atomic E-state index is 12.1. The predicted octanol–water partition coefficient (Wildman–Crippen LogP) is -0.889. The largest absolute Gasteiger partial charge is 0.352 e. The van der Waals surface area contributed by atoms with Gasteiger partial charge < -0.3 is 21.3 Å². The molecule has 0 aromatic carbocycles. The van der Waals surface area contributed by atoms with E-state index in [0.29, 0.717) is 13.1 Å². The second-order valence-electron chi connectivity index (χ2n) is 4.31. The van der Waals surface area contributed by atoms with Crippen molar-refractivity contribution in [3.63, 3.8) is 0 Å². The van der Waals surface area contributed by atoms with Gasteiger partial charge in [-0.1, -0.05) is 13.8 Å². The van der Waals surface area contributed by atoms with Gasteiger partial charge in [-0.05, 0) is 5.92 Å². The molecule has 4 N–H and O–H groups in total. The first-order valence-corrected chi connectivity index (χ1v) is 5.58. The smallest absolute Gasteiger partial charge is 0.312 e. The van der Waals surface area contributed by atoms with Crippen molar-refractivity contribution >= 4 is 11.9 Å². The van der Waals surface area contributed by atoms with Gasteiger partial charge in [-0.15, -0.1) is 0 Å². The normalized spacial score (nSPS) is 18.3. The van der Waals surface area contributed by atoms with Gasteiger partial charge >= 0.3 is 6.03 Å². The minimum Gasteiger partial charge on any atom is -0.352 e. The molecule has 1 aliphatic heterocycles. The highest BCUT2D eigenvalue weighted by Gasteiger charge is 2.28.